The van der Waals surface area contributed by atoms with E-state index in [9.17, 15) is 4.39 Å². The van der Waals surface area contributed by atoms with Gasteiger partial charge in [-0.2, -0.15) is 0 Å². The van der Waals surface area contributed by atoms with Crippen LogP contribution in [0.5, 0.6) is 0 Å². The van der Waals surface area contributed by atoms with E-state index in [0.717, 1.165) is 30.4 Å². The number of halogens is 1. The van der Waals surface area contributed by atoms with Crippen molar-refractivity contribution in [3.8, 4) is 0 Å². The lowest BCUT2D eigenvalue weighted by Gasteiger charge is -2.42. The zero-order valence-electron chi connectivity index (χ0n) is 10.1. The van der Waals surface area contributed by atoms with Crippen molar-refractivity contribution >= 4 is 0 Å². The highest BCUT2D eigenvalue weighted by molar-refractivity contribution is 5.40. The van der Waals surface area contributed by atoms with Crippen molar-refractivity contribution in [2.75, 3.05) is 6.54 Å². The Hall–Kier alpha value is -0.890. The van der Waals surface area contributed by atoms with Crippen molar-refractivity contribution < 1.29 is 4.39 Å². The fourth-order valence-electron chi connectivity index (χ4n) is 2.75. The third-order valence-electron chi connectivity index (χ3n) is 4.05. The molecule has 2 N–H and O–H groups in total. The van der Waals surface area contributed by atoms with Crippen LogP contribution in [0.3, 0.4) is 0 Å². The highest BCUT2D eigenvalue weighted by atomic mass is 19.1. The molecule has 1 aromatic rings. The van der Waals surface area contributed by atoms with Gasteiger partial charge in [-0.3, -0.25) is 0 Å². The summed E-state index contributed by atoms with van der Waals surface area (Å²) >= 11 is 0. The molecule has 1 nitrogen and oxygen atoms in total. The Bertz CT molecular complexity index is 388. The lowest BCUT2D eigenvalue weighted by atomic mass is 9.63. The van der Waals surface area contributed by atoms with Gasteiger partial charge >= 0.3 is 0 Å². The van der Waals surface area contributed by atoms with Gasteiger partial charge in [0.1, 0.15) is 5.82 Å². The van der Waals surface area contributed by atoms with E-state index < -0.39 is 0 Å². The molecule has 0 aromatic heterocycles. The van der Waals surface area contributed by atoms with Gasteiger partial charge in [0.05, 0.1) is 0 Å². The third kappa shape index (κ3) is 1.65. The molecular weight excluding hydrogens is 201 g/mol. The first-order chi connectivity index (χ1) is 7.63. The van der Waals surface area contributed by atoms with E-state index in [1.54, 1.807) is 6.07 Å². The second-order valence-corrected chi connectivity index (χ2v) is 4.95. The van der Waals surface area contributed by atoms with E-state index in [1.165, 1.54) is 12.0 Å². The molecular formula is C14H20FN. The van der Waals surface area contributed by atoms with Crippen molar-refractivity contribution in [3.63, 3.8) is 0 Å². The van der Waals surface area contributed by atoms with E-state index in [-0.39, 0.29) is 11.2 Å². The van der Waals surface area contributed by atoms with Crippen LogP contribution < -0.4 is 5.73 Å². The maximum absolute atomic E-state index is 13.6. The monoisotopic (exact) mass is 221 g/mol. The first-order valence-corrected chi connectivity index (χ1v) is 6.12. The van der Waals surface area contributed by atoms with Gasteiger partial charge in [-0.25, -0.2) is 4.39 Å². The summed E-state index contributed by atoms with van der Waals surface area (Å²) in [4.78, 5) is 0. The molecule has 0 amide bonds. The van der Waals surface area contributed by atoms with Crippen molar-refractivity contribution in [1.29, 1.82) is 0 Å². The van der Waals surface area contributed by atoms with Gasteiger partial charge in [-0.15, -0.1) is 0 Å². The van der Waals surface area contributed by atoms with E-state index in [4.69, 9.17) is 5.73 Å². The molecule has 2 rings (SSSR count). The van der Waals surface area contributed by atoms with Crippen LogP contribution in [0.15, 0.2) is 12.1 Å². The molecule has 0 spiro atoms. The summed E-state index contributed by atoms with van der Waals surface area (Å²) in [5.41, 5.74) is 9.20. The van der Waals surface area contributed by atoms with Crippen LogP contribution in [-0.2, 0) is 11.8 Å². The highest BCUT2D eigenvalue weighted by Crippen LogP contribution is 2.44. The summed E-state index contributed by atoms with van der Waals surface area (Å²) in [5, 5.41) is 0. The number of hydrogen-bond acceptors (Lipinski definition) is 1. The quantitative estimate of drug-likeness (QED) is 0.834. The average Bonchev–Trinajstić information content (AvgIpc) is 2.20. The lowest BCUT2D eigenvalue weighted by molar-refractivity contribution is 0.251. The molecule has 0 unspecified atom stereocenters. The Morgan fingerprint density at radius 1 is 1.38 bits per heavy atom. The lowest BCUT2D eigenvalue weighted by Crippen LogP contribution is -2.42. The van der Waals surface area contributed by atoms with Crippen molar-refractivity contribution in [2.24, 2.45) is 5.73 Å². The summed E-state index contributed by atoms with van der Waals surface area (Å²) < 4.78 is 13.6. The summed E-state index contributed by atoms with van der Waals surface area (Å²) in [6.45, 7) is 4.67. The number of aryl methyl sites for hydroxylation is 2. The van der Waals surface area contributed by atoms with Crippen LogP contribution in [0.2, 0.25) is 0 Å². The van der Waals surface area contributed by atoms with E-state index in [0.29, 0.717) is 6.54 Å². The van der Waals surface area contributed by atoms with Crippen molar-refractivity contribution in [2.45, 2.75) is 44.9 Å². The predicted octanol–water partition coefficient (Wildman–Crippen LogP) is 3.08. The summed E-state index contributed by atoms with van der Waals surface area (Å²) in [6.07, 6.45) is 4.30. The normalized spacial score (nSPS) is 18.2. The molecule has 1 aliphatic rings. The minimum atomic E-state index is -0.0738. The number of nitrogens with two attached hydrogens (primary N) is 1. The molecule has 0 heterocycles. The smallest absolute Gasteiger partial charge is 0.126 e. The average molecular weight is 221 g/mol. The number of benzene rings is 1. The maximum Gasteiger partial charge on any atom is 0.126 e. The molecule has 0 atom stereocenters. The van der Waals surface area contributed by atoms with Crippen LogP contribution in [0, 0.1) is 12.7 Å². The van der Waals surface area contributed by atoms with E-state index in [2.05, 4.69) is 0 Å². The molecule has 0 bridgehead atoms. The Balaban J connectivity index is 2.47. The van der Waals surface area contributed by atoms with Crippen molar-refractivity contribution in [1.82, 2.24) is 0 Å². The fraction of sp³-hybridized carbons (Fsp3) is 0.571. The van der Waals surface area contributed by atoms with Crippen LogP contribution in [0.25, 0.3) is 0 Å². The molecule has 1 aromatic carbocycles. The SMILES string of the molecule is CCc1cc(C2(CN)CCC2)c(C)cc1F. The fourth-order valence-corrected chi connectivity index (χ4v) is 2.75. The van der Waals surface area contributed by atoms with Gasteiger partial charge in [-0.1, -0.05) is 19.4 Å². The third-order valence-corrected chi connectivity index (χ3v) is 4.05. The molecule has 1 aliphatic carbocycles. The second-order valence-electron chi connectivity index (χ2n) is 4.95. The first-order valence-electron chi connectivity index (χ1n) is 6.12. The molecule has 0 saturated heterocycles. The van der Waals surface area contributed by atoms with Crippen LogP contribution in [0.4, 0.5) is 4.39 Å². The van der Waals surface area contributed by atoms with E-state index >= 15 is 0 Å². The highest BCUT2D eigenvalue weighted by Gasteiger charge is 2.38. The van der Waals surface area contributed by atoms with Crippen LogP contribution >= 0.6 is 0 Å². The molecule has 1 saturated carbocycles. The molecule has 0 radical (unpaired) electrons. The maximum atomic E-state index is 13.6. The Morgan fingerprint density at radius 2 is 2.06 bits per heavy atom. The summed E-state index contributed by atoms with van der Waals surface area (Å²) in [6, 6.07) is 3.71. The van der Waals surface area contributed by atoms with Crippen LogP contribution in [0.1, 0.15) is 42.9 Å². The zero-order valence-corrected chi connectivity index (χ0v) is 10.1. The topological polar surface area (TPSA) is 26.0 Å². The summed E-state index contributed by atoms with van der Waals surface area (Å²) in [5.74, 6) is -0.0738. The Morgan fingerprint density at radius 3 is 2.50 bits per heavy atom. The first kappa shape index (κ1) is 11.6. The van der Waals surface area contributed by atoms with Gasteiger partial charge in [-0.05, 0) is 48.9 Å². The van der Waals surface area contributed by atoms with Gasteiger partial charge in [0.25, 0.3) is 0 Å². The van der Waals surface area contributed by atoms with E-state index in [1.807, 2.05) is 19.9 Å². The molecule has 16 heavy (non-hydrogen) atoms. The molecule has 0 aliphatic heterocycles. The largest absolute Gasteiger partial charge is 0.330 e. The van der Waals surface area contributed by atoms with Gasteiger partial charge in [0.2, 0.25) is 0 Å². The zero-order chi connectivity index (χ0) is 11.8. The molecule has 2 heteroatoms. The standard InChI is InChI=1S/C14H20FN/c1-3-11-8-12(10(2)7-13(11)15)14(9-16)5-4-6-14/h7-8H,3-6,9,16H2,1-2H3. The minimum Gasteiger partial charge on any atom is -0.330 e. The van der Waals surface area contributed by atoms with Gasteiger partial charge in [0, 0.05) is 12.0 Å². The Kier molecular flexibility index (Phi) is 3.02. The predicted molar refractivity (Wildman–Crippen MR) is 65.1 cm³/mol. The number of hydrogen-bond donors (Lipinski definition) is 1. The summed E-state index contributed by atoms with van der Waals surface area (Å²) in [7, 11) is 0. The second kappa shape index (κ2) is 4.17. The molecule has 1 fully saturated rings. The van der Waals surface area contributed by atoms with Gasteiger partial charge < -0.3 is 5.73 Å². The Labute approximate surface area is 96.9 Å². The van der Waals surface area contributed by atoms with Crippen molar-refractivity contribution in [3.05, 3.63) is 34.6 Å². The minimum absolute atomic E-state index is 0.0738. The number of rotatable bonds is 3. The van der Waals surface area contributed by atoms with Crippen LogP contribution in [-0.4, -0.2) is 6.54 Å². The molecule has 88 valence electrons. The van der Waals surface area contributed by atoms with Gasteiger partial charge in [0.15, 0.2) is 0 Å².